The van der Waals surface area contributed by atoms with Crippen LogP contribution in [0.2, 0.25) is 0 Å². The number of hydrogen-bond donors (Lipinski definition) is 4. The molecule has 242 valence electrons. The summed E-state index contributed by atoms with van der Waals surface area (Å²) in [7, 11) is -2.74. The molecule has 0 bridgehead atoms. The maximum atomic E-state index is 13.4. The van der Waals surface area contributed by atoms with Gasteiger partial charge in [-0.2, -0.15) is 15.6 Å². The molecule has 3 heterocycles. The fraction of sp³-hybridized carbons (Fsp3) is 0.467. The lowest BCUT2D eigenvalue weighted by Gasteiger charge is -2.36. The molecule has 4 N–H and O–H groups in total. The summed E-state index contributed by atoms with van der Waals surface area (Å²) in [5.74, 6) is 0.315. The quantitative estimate of drug-likeness (QED) is 0.268. The molecule has 45 heavy (non-hydrogen) atoms. The van der Waals surface area contributed by atoms with Crippen molar-refractivity contribution in [1.29, 1.82) is 0 Å². The van der Waals surface area contributed by atoms with E-state index in [0.717, 1.165) is 16.7 Å². The molecule has 1 unspecified atom stereocenters. The van der Waals surface area contributed by atoms with E-state index in [2.05, 4.69) is 25.5 Å². The Hall–Kier alpha value is -3.82. The highest BCUT2D eigenvalue weighted by molar-refractivity contribution is 8.24. The topological polar surface area (TPSA) is 150 Å². The fourth-order valence-electron chi connectivity index (χ4n) is 6.22. The minimum atomic E-state index is -4.83. The zero-order valence-corrected chi connectivity index (χ0v) is 25.5. The molecular formula is C30H34F3N5O6S. The van der Waals surface area contributed by atoms with Gasteiger partial charge in [0.2, 0.25) is 11.8 Å². The molecule has 11 nitrogen and oxygen atoms in total. The Bertz CT molecular complexity index is 1630. The lowest BCUT2D eigenvalue weighted by atomic mass is 9.87. The summed E-state index contributed by atoms with van der Waals surface area (Å²) in [6.07, 6.45) is -3.38. The zero-order valence-electron chi connectivity index (χ0n) is 24.7. The summed E-state index contributed by atoms with van der Waals surface area (Å²) < 4.78 is 68.4. The van der Waals surface area contributed by atoms with E-state index in [9.17, 15) is 31.9 Å². The molecular weight excluding hydrogens is 615 g/mol. The van der Waals surface area contributed by atoms with Crippen LogP contribution in [0.4, 0.5) is 18.0 Å². The minimum Gasteiger partial charge on any atom is -0.406 e. The Morgan fingerprint density at radius 3 is 2.71 bits per heavy atom. The molecule has 1 saturated heterocycles. The predicted molar refractivity (Wildman–Crippen MR) is 159 cm³/mol. The number of nitrogens with zero attached hydrogens (tertiary/aromatic N) is 3. The molecule has 3 aliphatic rings. The van der Waals surface area contributed by atoms with Crippen LogP contribution in [0.25, 0.3) is 11.1 Å². The van der Waals surface area contributed by atoms with Crippen molar-refractivity contribution in [3.8, 4) is 16.9 Å². The number of nitrogens with one attached hydrogen (secondary N) is 2. The number of hydrogen-bond acceptors (Lipinski definition) is 8. The first-order chi connectivity index (χ1) is 21.2. The monoisotopic (exact) mass is 649 g/mol. The third-order valence-electron chi connectivity index (χ3n) is 8.55. The van der Waals surface area contributed by atoms with Gasteiger partial charge in [0.25, 0.3) is 0 Å². The van der Waals surface area contributed by atoms with E-state index in [1.165, 1.54) is 18.2 Å². The number of urea groups is 1. The number of ether oxygens (including phenoxy) is 1. The highest BCUT2D eigenvalue weighted by atomic mass is 32.3. The van der Waals surface area contributed by atoms with Crippen molar-refractivity contribution in [3.63, 3.8) is 0 Å². The van der Waals surface area contributed by atoms with E-state index in [0.29, 0.717) is 48.6 Å². The molecule has 3 aromatic rings. The van der Waals surface area contributed by atoms with Crippen molar-refractivity contribution in [2.24, 2.45) is 5.92 Å². The largest absolute Gasteiger partial charge is 0.573 e. The molecule has 1 aliphatic carbocycles. The van der Waals surface area contributed by atoms with Crippen molar-refractivity contribution in [1.82, 2.24) is 25.7 Å². The Labute approximate surface area is 258 Å². The van der Waals surface area contributed by atoms with E-state index in [1.54, 1.807) is 24.8 Å². The van der Waals surface area contributed by atoms with Crippen LogP contribution < -0.4 is 15.4 Å². The molecule has 3 atom stereocenters. The van der Waals surface area contributed by atoms with Crippen LogP contribution in [-0.4, -0.2) is 66.0 Å². The van der Waals surface area contributed by atoms with Gasteiger partial charge in [-0.15, -0.1) is 13.2 Å². The first kappa shape index (κ1) is 31.2. The maximum Gasteiger partial charge on any atom is 0.573 e. The number of fused-ring (bicyclic) bond motifs is 1. The van der Waals surface area contributed by atoms with Crippen LogP contribution in [0.15, 0.2) is 40.9 Å². The Morgan fingerprint density at radius 1 is 1.22 bits per heavy atom. The van der Waals surface area contributed by atoms with Crippen LogP contribution in [0.3, 0.4) is 0 Å². The molecule has 15 heteroatoms. The first-order valence-electron chi connectivity index (χ1n) is 14.6. The van der Waals surface area contributed by atoms with Gasteiger partial charge in [-0.25, -0.2) is 4.79 Å². The SMILES string of the molecule is Cc1noc([C@H]2C[C@@H]2C(=O)NCc2ccc(-c3cccc(OC(F)(F)F)c3)c3c2CN(C(=O)NC2(C)CCS(O)(O)C2)CC3)n1. The normalized spacial score (nSPS) is 24.5. The van der Waals surface area contributed by atoms with Gasteiger partial charge in [0.1, 0.15) is 5.75 Å². The Balaban J connectivity index is 1.24. The Kier molecular flexibility index (Phi) is 7.98. The van der Waals surface area contributed by atoms with Gasteiger partial charge in [-0.05, 0) is 73.1 Å². The molecule has 6 rings (SSSR count). The average molecular weight is 650 g/mol. The second-order valence-corrected chi connectivity index (χ2v) is 14.5. The summed E-state index contributed by atoms with van der Waals surface area (Å²) in [6, 6.07) is 9.03. The van der Waals surface area contributed by atoms with Gasteiger partial charge >= 0.3 is 12.4 Å². The number of halogens is 3. The summed E-state index contributed by atoms with van der Waals surface area (Å²) in [4.78, 5) is 32.3. The van der Waals surface area contributed by atoms with E-state index in [1.807, 2.05) is 12.1 Å². The molecule has 0 spiro atoms. The molecule has 1 aromatic heterocycles. The van der Waals surface area contributed by atoms with Crippen molar-refractivity contribution in [2.45, 2.75) is 64.0 Å². The van der Waals surface area contributed by atoms with E-state index < -0.39 is 22.5 Å². The number of carbonyl (C=O) groups is 2. The third kappa shape index (κ3) is 7.05. The lowest BCUT2D eigenvalue weighted by molar-refractivity contribution is -0.274. The summed E-state index contributed by atoms with van der Waals surface area (Å²) >= 11 is 0. The number of aryl methyl sites for hydroxylation is 1. The third-order valence-corrected chi connectivity index (χ3v) is 10.5. The van der Waals surface area contributed by atoms with Gasteiger partial charge in [-0.3, -0.25) is 13.9 Å². The van der Waals surface area contributed by atoms with E-state index in [4.69, 9.17) is 4.52 Å². The second-order valence-electron chi connectivity index (χ2n) is 12.2. The summed E-state index contributed by atoms with van der Waals surface area (Å²) in [5, 5.41) is 9.75. The average Bonchev–Trinajstić information content (AvgIpc) is 3.57. The van der Waals surface area contributed by atoms with Crippen LogP contribution >= 0.6 is 10.6 Å². The highest BCUT2D eigenvalue weighted by Crippen LogP contribution is 2.50. The van der Waals surface area contributed by atoms with Crippen molar-refractivity contribution in [3.05, 3.63) is 64.8 Å². The summed E-state index contributed by atoms with van der Waals surface area (Å²) in [5.41, 5.74) is 2.90. The standard InChI is InChI=1S/C30H34F3N5O6S/c1-17-35-27(44-37-17)24-13-23(24)26(39)34-14-19-6-7-21(18-4-3-5-20(12-18)43-30(31,32)33)22-8-10-38(15-25(19)22)28(40)36-29(2)9-11-45(41,42)16-29/h3-7,12,23-24,41-42H,8-11,13-16H2,1-2H3,(H,34,39)(H,36,40)/t23-,24-,29?/m0/s1. The number of carbonyl (C=O) groups excluding carboxylic acids is 2. The van der Waals surface area contributed by atoms with Gasteiger partial charge in [-0.1, -0.05) is 29.4 Å². The van der Waals surface area contributed by atoms with Gasteiger partial charge < -0.3 is 24.8 Å². The lowest BCUT2D eigenvalue weighted by Crippen LogP contribution is -2.53. The van der Waals surface area contributed by atoms with E-state index in [-0.39, 0.29) is 54.1 Å². The van der Waals surface area contributed by atoms with Crippen LogP contribution in [-0.2, 0) is 24.3 Å². The smallest absolute Gasteiger partial charge is 0.406 e. The van der Waals surface area contributed by atoms with Crippen LogP contribution in [0, 0.1) is 12.8 Å². The van der Waals surface area contributed by atoms with E-state index >= 15 is 0 Å². The second kappa shape index (κ2) is 11.5. The first-order valence-corrected chi connectivity index (χ1v) is 16.5. The van der Waals surface area contributed by atoms with Crippen LogP contribution in [0.1, 0.15) is 54.1 Å². The predicted octanol–water partition coefficient (Wildman–Crippen LogP) is 5.34. The number of benzene rings is 2. The van der Waals surface area contributed by atoms with Gasteiger partial charge in [0.05, 0.1) is 23.1 Å². The van der Waals surface area contributed by atoms with Crippen molar-refractivity contribution in [2.75, 3.05) is 18.1 Å². The number of rotatable bonds is 7. The van der Waals surface area contributed by atoms with Crippen molar-refractivity contribution < 1.29 is 41.1 Å². The number of amides is 3. The maximum absolute atomic E-state index is 13.4. The molecule has 2 aromatic carbocycles. The molecule has 3 amide bonds. The molecule has 0 radical (unpaired) electrons. The van der Waals surface area contributed by atoms with Gasteiger partial charge in [0.15, 0.2) is 5.82 Å². The molecule has 1 saturated carbocycles. The fourth-order valence-corrected chi connectivity index (χ4v) is 8.38. The number of alkyl halides is 3. The minimum absolute atomic E-state index is 0.0826. The highest BCUT2D eigenvalue weighted by Gasteiger charge is 2.47. The van der Waals surface area contributed by atoms with Gasteiger partial charge in [0, 0.05) is 25.4 Å². The molecule has 2 fully saturated rings. The number of aromatic nitrogens is 2. The zero-order chi connectivity index (χ0) is 32.1. The molecule has 2 aliphatic heterocycles. The summed E-state index contributed by atoms with van der Waals surface area (Å²) in [6.45, 7) is 4.21. The van der Waals surface area contributed by atoms with Crippen LogP contribution in [0.5, 0.6) is 5.75 Å². The van der Waals surface area contributed by atoms with Crippen molar-refractivity contribution >= 4 is 22.5 Å². The Morgan fingerprint density at radius 2 is 2.02 bits per heavy atom.